The highest BCUT2D eigenvalue weighted by atomic mass is 19.4. The van der Waals surface area contributed by atoms with Crippen molar-refractivity contribution >= 4 is 17.3 Å². The number of carbonyl (C=O) groups is 1. The summed E-state index contributed by atoms with van der Waals surface area (Å²) < 4.78 is 43.7. The third-order valence-corrected chi connectivity index (χ3v) is 8.15. The molecule has 0 spiro atoms. The molecule has 1 amide bonds. The van der Waals surface area contributed by atoms with Crippen LogP contribution in [0, 0.1) is 11.8 Å². The summed E-state index contributed by atoms with van der Waals surface area (Å²) in [5, 5.41) is 11.1. The Morgan fingerprint density at radius 2 is 1.95 bits per heavy atom. The van der Waals surface area contributed by atoms with E-state index in [1.54, 1.807) is 30.6 Å². The molecule has 1 aliphatic heterocycles. The van der Waals surface area contributed by atoms with Crippen molar-refractivity contribution < 1.29 is 18.0 Å². The molecule has 1 aliphatic carbocycles. The number of piperidine rings is 1. The largest absolute Gasteiger partial charge is 0.418 e. The third-order valence-electron chi connectivity index (χ3n) is 8.15. The molecule has 2 aliphatic rings. The van der Waals surface area contributed by atoms with Crippen LogP contribution >= 0.6 is 0 Å². The number of nitrogens with zero attached hydrogens (tertiary/aromatic N) is 4. The van der Waals surface area contributed by atoms with Crippen molar-refractivity contribution in [2.75, 3.05) is 24.1 Å². The molecule has 1 saturated heterocycles. The zero-order valence-electron chi connectivity index (χ0n) is 22.6. The lowest BCUT2D eigenvalue weighted by molar-refractivity contribution is -0.136. The molecule has 5 rings (SSSR count). The summed E-state index contributed by atoms with van der Waals surface area (Å²) in [4.78, 5) is 15.5. The second-order valence-corrected chi connectivity index (χ2v) is 11.5. The smallest absolute Gasteiger partial charge is 0.397 e. The number of nitrogen functional groups attached to an aromatic ring is 1. The van der Waals surface area contributed by atoms with Crippen molar-refractivity contribution in [3.05, 3.63) is 70.8 Å². The molecule has 2 heterocycles. The number of amides is 1. The highest BCUT2D eigenvalue weighted by molar-refractivity contribution is 6.06. The Morgan fingerprint density at radius 3 is 2.59 bits per heavy atom. The molecule has 1 saturated carbocycles. The molecule has 0 bridgehead atoms. The first-order valence-electron chi connectivity index (χ1n) is 13.4. The van der Waals surface area contributed by atoms with E-state index in [-0.39, 0.29) is 11.1 Å². The average Bonchev–Trinajstić information content (AvgIpc) is 3.29. The summed E-state index contributed by atoms with van der Waals surface area (Å²) in [5.41, 5.74) is 5.92. The van der Waals surface area contributed by atoms with Crippen LogP contribution in [0.3, 0.4) is 0 Å². The van der Waals surface area contributed by atoms with E-state index >= 15 is 0 Å². The Bertz CT molecular complexity index is 1360. The van der Waals surface area contributed by atoms with Crippen LogP contribution in [0.1, 0.15) is 72.4 Å². The fraction of sp³-hybridized carbons (Fsp3) is 0.483. The number of nitrogens with two attached hydrogens (primary N) is 1. The van der Waals surface area contributed by atoms with Crippen molar-refractivity contribution in [1.29, 1.82) is 0 Å². The van der Waals surface area contributed by atoms with E-state index in [4.69, 9.17) is 5.73 Å². The van der Waals surface area contributed by atoms with Gasteiger partial charge in [0.2, 0.25) is 0 Å². The molecule has 10 heteroatoms. The molecule has 208 valence electrons. The topological polar surface area (TPSA) is 89.1 Å². The van der Waals surface area contributed by atoms with Gasteiger partial charge in [-0.25, -0.2) is 0 Å². The minimum atomic E-state index is -4.64. The molecule has 0 unspecified atom stereocenters. The number of hydrogen-bond acceptors (Lipinski definition) is 5. The number of benzene rings is 2. The summed E-state index contributed by atoms with van der Waals surface area (Å²) in [6.45, 7) is 6.34. The van der Waals surface area contributed by atoms with Gasteiger partial charge in [0.15, 0.2) is 0 Å². The van der Waals surface area contributed by atoms with E-state index in [1.807, 2.05) is 17.7 Å². The van der Waals surface area contributed by atoms with Gasteiger partial charge in [0.25, 0.3) is 5.91 Å². The summed E-state index contributed by atoms with van der Waals surface area (Å²) in [7, 11) is 1.90. The maximum Gasteiger partial charge on any atom is 0.418 e. The number of anilines is 2. The SMILES string of the molecule is CC1CC(c2cccc(C(=O)Nc3cc(CN4CCC[C@H](C)C4)cc(C(F)(F)F)c3N)c2)(c2nncn2C)C1. The number of halogens is 3. The average molecular weight is 541 g/mol. The maximum absolute atomic E-state index is 13.9. The first-order chi connectivity index (χ1) is 18.5. The Kier molecular flexibility index (Phi) is 7.17. The monoisotopic (exact) mass is 540 g/mol. The fourth-order valence-corrected chi connectivity index (χ4v) is 6.38. The molecular weight excluding hydrogens is 505 g/mol. The highest BCUT2D eigenvalue weighted by Gasteiger charge is 2.48. The van der Waals surface area contributed by atoms with Gasteiger partial charge in [0.1, 0.15) is 12.2 Å². The number of nitrogens with one attached hydrogen (secondary N) is 1. The number of hydrogen-bond donors (Lipinski definition) is 2. The predicted octanol–water partition coefficient (Wildman–Crippen LogP) is 5.62. The first kappa shape index (κ1) is 27.2. The zero-order valence-corrected chi connectivity index (χ0v) is 22.6. The second kappa shape index (κ2) is 10.3. The summed E-state index contributed by atoms with van der Waals surface area (Å²) in [6, 6.07) is 9.89. The number of likely N-dealkylation sites (tertiary alicyclic amines) is 1. The van der Waals surface area contributed by atoms with Gasteiger partial charge in [-0.15, -0.1) is 10.2 Å². The molecule has 0 radical (unpaired) electrons. The number of alkyl halides is 3. The van der Waals surface area contributed by atoms with Gasteiger partial charge in [-0.3, -0.25) is 9.69 Å². The van der Waals surface area contributed by atoms with Gasteiger partial charge >= 0.3 is 6.18 Å². The van der Waals surface area contributed by atoms with Crippen LogP contribution in [0.4, 0.5) is 24.5 Å². The van der Waals surface area contributed by atoms with E-state index < -0.39 is 23.3 Å². The molecule has 3 aromatic rings. The number of rotatable bonds is 6. The number of carbonyl (C=O) groups excluding carboxylic acids is 1. The minimum Gasteiger partial charge on any atom is -0.397 e. The Hall–Kier alpha value is -3.40. The predicted molar refractivity (Wildman–Crippen MR) is 144 cm³/mol. The van der Waals surface area contributed by atoms with Crippen LogP contribution in [0.2, 0.25) is 0 Å². The molecule has 1 atom stereocenters. The van der Waals surface area contributed by atoms with Crippen molar-refractivity contribution in [1.82, 2.24) is 19.7 Å². The van der Waals surface area contributed by atoms with Crippen LogP contribution < -0.4 is 11.1 Å². The van der Waals surface area contributed by atoms with Gasteiger partial charge in [-0.2, -0.15) is 13.2 Å². The van der Waals surface area contributed by atoms with E-state index in [0.717, 1.165) is 56.2 Å². The van der Waals surface area contributed by atoms with E-state index in [9.17, 15) is 18.0 Å². The fourth-order valence-electron chi connectivity index (χ4n) is 6.38. The van der Waals surface area contributed by atoms with Crippen LogP contribution in [-0.2, 0) is 25.2 Å². The first-order valence-corrected chi connectivity index (χ1v) is 13.4. The van der Waals surface area contributed by atoms with Gasteiger partial charge < -0.3 is 15.6 Å². The van der Waals surface area contributed by atoms with E-state index in [2.05, 4.69) is 34.3 Å². The van der Waals surface area contributed by atoms with Crippen LogP contribution in [0.5, 0.6) is 0 Å². The molecule has 2 fully saturated rings. The lowest BCUT2D eigenvalue weighted by Crippen LogP contribution is -2.43. The molecule has 39 heavy (non-hydrogen) atoms. The van der Waals surface area contributed by atoms with Crippen LogP contribution in [0.15, 0.2) is 42.7 Å². The summed E-state index contributed by atoms with van der Waals surface area (Å²) >= 11 is 0. The quantitative estimate of drug-likeness (QED) is 0.397. The minimum absolute atomic E-state index is 0.0273. The standard InChI is InChI=1S/C29H35F3N6O/c1-18-6-5-9-38(15-18)16-20-10-23(29(30,31)32)25(33)24(11-20)35-26(39)21-7-4-8-22(12-21)28(13-19(2)14-28)27-36-34-17-37(27)3/h4,7-8,10-12,17-19H,5-6,9,13-16,33H2,1-3H3,(H,35,39)/t18-,19?,28?/m0/s1. The van der Waals surface area contributed by atoms with Crippen molar-refractivity contribution in [3.63, 3.8) is 0 Å². The lowest BCUT2D eigenvalue weighted by Gasteiger charge is -2.46. The highest BCUT2D eigenvalue weighted by Crippen LogP contribution is 2.51. The molecule has 2 aromatic carbocycles. The van der Waals surface area contributed by atoms with Crippen molar-refractivity contribution in [2.45, 2.75) is 57.7 Å². The third kappa shape index (κ3) is 5.39. The van der Waals surface area contributed by atoms with Gasteiger partial charge in [0.05, 0.1) is 22.4 Å². The summed E-state index contributed by atoms with van der Waals surface area (Å²) in [6.07, 6.45) is 0.876. The van der Waals surface area contributed by atoms with Crippen molar-refractivity contribution in [2.24, 2.45) is 18.9 Å². The lowest BCUT2D eigenvalue weighted by atomic mass is 9.58. The zero-order chi connectivity index (χ0) is 27.9. The summed E-state index contributed by atoms with van der Waals surface area (Å²) in [5.74, 6) is 1.30. The second-order valence-electron chi connectivity index (χ2n) is 11.5. The Labute approximate surface area is 226 Å². The molecule has 1 aromatic heterocycles. The number of aromatic nitrogens is 3. The Morgan fingerprint density at radius 1 is 1.18 bits per heavy atom. The van der Waals surface area contributed by atoms with Crippen LogP contribution in [-0.4, -0.2) is 38.7 Å². The van der Waals surface area contributed by atoms with Crippen molar-refractivity contribution in [3.8, 4) is 0 Å². The van der Waals surface area contributed by atoms with E-state index in [1.165, 1.54) is 0 Å². The van der Waals surface area contributed by atoms with E-state index in [0.29, 0.717) is 29.5 Å². The Balaban J connectivity index is 1.44. The molecular formula is C29H35F3N6O. The number of aryl methyl sites for hydroxylation is 1. The molecule has 3 N–H and O–H groups in total. The van der Waals surface area contributed by atoms with Gasteiger partial charge in [-0.05, 0) is 79.5 Å². The van der Waals surface area contributed by atoms with Gasteiger partial charge in [-0.1, -0.05) is 26.0 Å². The molecule has 7 nitrogen and oxygen atoms in total. The maximum atomic E-state index is 13.9. The van der Waals surface area contributed by atoms with Crippen LogP contribution in [0.25, 0.3) is 0 Å². The van der Waals surface area contributed by atoms with Gasteiger partial charge in [0, 0.05) is 25.7 Å². The normalized spacial score (nSPS) is 23.8.